The van der Waals surface area contributed by atoms with Gasteiger partial charge in [0.25, 0.3) is 0 Å². The van der Waals surface area contributed by atoms with E-state index >= 15 is 0 Å². The van der Waals surface area contributed by atoms with Crippen LogP contribution in [0.3, 0.4) is 0 Å². The molecule has 28 heavy (non-hydrogen) atoms. The Morgan fingerprint density at radius 1 is 1.43 bits per heavy atom. The van der Waals surface area contributed by atoms with Gasteiger partial charge in [-0.05, 0) is 37.8 Å². The van der Waals surface area contributed by atoms with Crippen LogP contribution in [0.2, 0.25) is 4.34 Å². The largest absolute Gasteiger partial charge is 0.369 e. The van der Waals surface area contributed by atoms with Crippen molar-refractivity contribution in [2.45, 2.75) is 56.3 Å². The van der Waals surface area contributed by atoms with E-state index in [4.69, 9.17) is 16.3 Å². The fraction of sp³-hybridized carbons (Fsp3) is 0.632. The first-order valence-electron chi connectivity index (χ1n) is 9.77. The predicted octanol–water partition coefficient (Wildman–Crippen LogP) is 3.24. The van der Waals surface area contributed by atoms with Gasteiger partial charge in [-0.2, -0.15) is 5.10 Å². The van der Waals surface area contributed by atoms with E-state index in [-0.39, 0.29) is 29.2 Å². The second-order valence-electron chi connectivity index (χ2n) is 8.34. The van der Waals surface area contributed by atoms with Crippen LogP contribution < -0.4 is 5.32 Å². The number of thiophene rings is 1. The minimum Gasteiger partial charge on any atom is -0.369 e. The molecule has 1 N–H and O–H groups in total. The molecule has 2 fully saturated rings. The van der Waals surface area contributed by atoms with Crippen LogP contribution in [0.1, 0.15) is 54.3 Å². The number of nitrogens with zero attached hydrogens (tertiary/aromatic N) is 2. The Balaban J connectivity index is 1.43. The number of hydrogen-bond donors (Lipinski definition) is 1. The fourth-order valence-corrected chi connectivity index (χ4v) is 8.16. The van der Waals surface area contributed by atoms with E-state index in [0.717, 1.165) is 35.8 Å². The Labute approximate surface area is 174 Å². The topological polar surface area (TPSA) is 73.2 Å². The SMILES string of the molecule is CC1CC2(CC(c3cnn(C4CCS(=O)(=O)C4)c3)N1)OCCc1cc(Cl)sc12. The van der Waals surface area contributed by atoms with Gasteiger partial charge < -0.3 is 10.1 Å². The van der Waals surface area contributed by atoms with Crippen molar-refractivity contribution >= 4 is 32.8 Å². The molecule has 0 aliphatic carbocycles. The van der Waals surface area contributed by atoms with E-state index in [1.165, 1.54) is 10.4 Å². The summed E-state index contributed by atoms with van der Waals surface area (Å²) in [5.74, 6) is 0.442. The van der Waals surface area contributed by atoms with Crippen molar-refractivity contribution < 1.29 is 13.2 Å². The van der Waals surface area contributed by atoms with Crippen molar-refractivity contribution in [1.82, 2.24) is 15.1 Å². The number of fused-ring (bicyclic) bond motifs is 2. The van der Waals surface area contributed by atoms with Crippen LogP contribution in [0.4, 0.5) is 0 Å². The molecule has 0 amide bonds. The first-order chi connectivity index (χ1) is 13.3. The van der Waals surface area contributed by atoms with Gasteiger partial charge in [0.2, 0.25) is 0 Å². The molecule has 0 aromatic carbocycles. The maximum Gasteiger partial charge on any atom is 0.152 e. The average molecular weight is 442 g/mol. The molecular formula is C19H24ClN3O3S2. The van der Waals surface area contributed by atoms with Crippen molar-refractivity contribution in [3.8, 4) is 0 Å². The fourth-order valence-electron chi connectivity index (χ4n) is 4.99. The molecule has 1 spiro atoms. The molecule has 2 aromatic rings. The highest BCUT2D eigenvalue weighted by Gasteiger charge is 2.46. The van der Waals surface area contributed by atoms with E-state index < -0.39 is 9.84 Å². The zero-order valence-electron chi connectivity index (χ0n) is 15.7. The van der Waals surface area contributed by atoms with Crippen LogP contribution in [0.5, 0.6) is 0 Å². The smallest absolute Gasteiger partial charge is 0.152 e. The monoisotopic (exact) mass is 441 g/mol. The summed E-state index contributed by atoms with van der Waals surface area (Å²) in [4.78, 5) is 1.27. The number of hydrogen-bond acceptors (Lipinski definition) is 6. The van der Waals surface area contributed by atoms with Crippen LogP contribution in [-0.4, -0.2) is 42.4 Å². The van der Waals surface area contributed by atoms with Crippen molar-refractivity contribution in [3.63, 3.8) is 0 Å². The summed E-state index contributed by atoms with van der Waals surface area (Å²) in [5.41, 5.74) is 2.11. The lowest BCUT2D eigenvalue weighted by atomic mass is 9.78. The van der Waals surface area contributed by atoms with Crippen molar-refractivity contribution in [1.29, 1.82) is 0 Å². The van der Waals surface area contributed by atoms with Crippen LogP contribution in [0, 0.1) is 0 Å². The number of rotatable bonds is 2. The summed E-state index contributed by atoms with van der Waals surface area (Å²) >= 11 is 7.97. The predicted molar refractivity (Wildman–Crippen MR) is 110 cm³/mol. The Hall–Kier alpha value is -0.930. The van der Waals surface area contributed by atoms with Gasteiger partial charge >= 0.3 is 0 Å². The maximum atomic E-state index is 11.8. The van der Waals surface area contributed by atoms with Gasteiger partial charge in [0.05, 0.1) is 34.7 Å². The number of aromatic nitrogens is 2. The molecule has 9 heteroatoms. The summed E-state index contributed by atoms with van der Waals surface area (Å²) in [6.45, 7) is 2.91. The minimum atomic E-state index is -2.93. The second kappa shape index (κ2) is 6.80. The minimum absolute atomic E-state index is 0.0534. The van der Waals surface area contributed by atoms with Gasteiger partial charge in [-0.3, -0.25) is 4.68 Å². The molecule has 152 valence electrons. The normalized spacial score (nSPS) is 34.6. The van der Waals surface area contributed by atoms with Gasteiger partial charge in [0.15, 0.2) is 9.84 Å². The summed E-state index contributed by atoms with van der Waals surface area (Å²) in [6.07, 6.45) is 7.20. The highest BCUT2D eigenvalue weighted by molar-refractivity contribution is 7.91. The van der Waals surface area contributed by atoms with Crippen molar-refractivity contribution in [3.05, 3.63) is 38.8 Å². The zero-order valence-corrected chi connectivity index (χ0v) is 18.1. The average Bonchev–Trinajstić information content (AvgIpc) is 3.32. The van der Waals surface area contributed by atoms with Crippen LogP contribution >= 0.6 is 22.9 Å². The van der Waals surface area contributed by atoms with Gasteiger partial charge in [-0.15, -0.1) is 11.3 Å². The molecule has 4 unspecified atom stereocenters. The highest BCUT2D eigenvalue weighted by atomic mass is 35.5. The molecular weight excluding hydrogens is 418 g/mol. The molecule has 0 bridgehead atoms. The van der Waals surface area contributed by atoms with Gasteiger partial charge in [-0.1, -0.05) is 11.6 Å². The number of halogens is 1. The molecule has 6 nitrogen and oxygen atoms in total. The third-order valence-corrected chi connectivity index (χ3v) is 9.45. The first kappa shape index (κ1) is 19.1. The third kappa shape index (κ3) is 3.33. The molecule has 0 radical (unpaired) electrons. The van der Waals surface area contributed by atoms with Gasteiger partial charge in [-0.25, -0.2) is 8.42 Å². The summed E-state index contributed by atoms with van der Waals surface area (Å²) in [7, 11) is -2.93. The number of sulfone groups is 1. The summed E-state index contributed by atoms with van der Waals surface area (Å²) < 4.78 is 32.7. The third-order valence-electron chi connectivity index (χ3n) is 6.20. The van der Waals surface area contributed by atoms with Crippen molar-refractivity contribution in [2.75, 3.05) is 18.1 Å². The molecule has 2 saturated heterocycles. The molecule has 3 aliphatic heterocycles. The summed E-state index contributed by atoms with van der Waals surface area (Å²) in [6, 6.07) is 2.44. The number of piperidine rings is 1. The molecule has 5 heterocycles. The Kier molecular flexibility index (Phi) is 4.63. The molecule has 0 saturated carbocycles. The van der Waals surface area contributed by atoms with Crippen LogP contribution in [0.25, 0.3) is 0 Å². The first-order valence-corrected chi connectivity index (χ1v) is 12.8. The lowest BCUT2D eigenvalue weighted by Gasteiger charge is -2.46. The molecule has 5 rings (SSSR count). The Bertz CT molecular complexity index is 1000. The second-order valence-corrected chi connectivity index (χ2v) is 12.2. The molecule has 2 aromatic heterocycles. The Morgan fingerprint density at radius 3 is 3.07 bits per heavy atom. The zero-order chi connectivity index (χ0) is 19.5. The highest BCUT2D eigenvalue weighted by Crippen LogP contribution is 2.50. The van der Waals surface area contributed by atoms with Crippen molar-refractivity contribution in [2.24, 2.45) is 0 Å². The van der Waals surface area contributed by atoms with E-state index in [9.17, 15) is 8.42 Å². The lowest BCUT2D eigenvalue weighted by molar-refractivity contribution is -0.0954. The quantitative estimate of drug-likeness (QED) is 0.774. The number of ether oxygens (including phenoxy) is 1. The van der Waals surface area contributed by atoms with E-state index in [1.807, 2.05) is 17.1 Å². The lowest BCUT2D eigenvalue weighted by Crippen LogP contribution is -2.49. The standard InChI is InChI=1S/C19H24ClN3O3S2/c1-12-7-19(18-13(2-4-26-19)6-17(20)27-18)8-16(22-12)14-9-21-23(10-14)15-3-5-28(24,25)11-15/h6,9-10,12,15-16,22H,2-5,7-8,11H2,1H3. The van der Waals surface area contributed by atoms with E-state index in [1.54, 1.807) is 11.3 Å². The maximum absolute atomic E-state index is 11.8. The molecule has 4 atom stereocenters. The van der Waals surface area contributed by atoms with Crippen LogP contribution in [-0.2, 0) is 26.6 Å². The summed E-state index contributed by atoms with van der Waals surface area (Å²) in [5, 5.41) is 8.18. The molecule has 3 aliphatic rings. The Morgan fingerprint density at radius 2 is 2.29 bits per heavy atom. The van der Waals surface area contributed by atoms with E-state index in [0.29, 0.717) is 12.5 Å². The van der Waals surface area contributed by atoms with Crippen LogP contribution in [0.15, 0.2) is 18.5 Å². The van der Waals surface area contributed by atoms with Gasteiger partial charge in [0.1, 0.15) is 5.60 Å². The number of nitrogens with one attached hydrogen (secondary N) is 1. The van der Waals surface area contributed by atoms with Gasteiger partial charge in [0, 0.05) is 35.1 Å². The van der Waals surface area contributed by atoms with E-state index in [2.05, 4.69) is 23.4 Å².